The van der Waals surface area contributed by atoms with Gasteiger partial charge in [0.25, 0.3) is 0 Å². The molecule has 0 aliphatic heterocycles. The van der Waals surface area contributed by atoms with Crippen molar-refractivity contribution in [1.82, 2.24) is 0 Å². The molecule has 0 fully saturated rings. The fourth-order valence-corrected chi connectivity index (χ4v) is 0.684. The number of halogens is 2. The van der Waals surface area contributed by atoms with Crippen molar-refractivity contribution in [1.29, 1.82) is 0 Å². The van der Waals surface area contributed by atoms with Gasteiger partial charge in [0.15, 0.2) is 24.8 Å². The molecule has 6 N–H and O–H groups in total. The number of aromatic amines is 2. The Hall–Kier alpha value is -1.20. The normalized spacial score (nSPS) is 6.38. The zero-order valence-electron chi connectivity index (χ0n) is 8.68. The van der Waals surface area contributed by atoms with E-state index in [-0.39, 0.29) is 24.8 Å². The lowest BCUT2D eigenvalue weighted by molar-refractivity contribution is -0.378. The molecule has 0 spiro atoms. The summed E-state index contributed by atoms with van der Waals surface area (Å²) in [6, 6.07) is 11.7. The number of nitrogens with one attached hydrogen (secondary N) is 2. The molecule has 0 radical (unpaired) electrons. The summed E-state index contributed by atoms with van der Waals surface area (Å²) in [5, 5.41) is 0. The van der Waals surface area contributed by atoms with E-state index in [1.165, 1.54) is 0 Å². The molecule has 0 aliphatic carbocycles. The highest BCUT2D eigenvalue weighted by molar-refractivity contribution is 4.83. The van der Waals surface area contributed by atoms with Gasteiger partial charge < -0.3 is 24.8 Å². The molecule has 4 nitrogen and oxygen atoms in total. The van der Waals surface area contributed by atoms with E-state index in [0.29, 0.717) is 0 Å². The van der Waals surface area contributed by atoms with Crippen molar-refractivity contribution in [3.63, 3.8) is 0 Å². The average molecular weight is 263 g/mol. The number of rotatable bonds is 0. The van der Waals surface area contributed by atoms with E-state index in [9.17, 15) is 0 Å². The second-order valence-corrected chi connectivity index (χ2v) is 2.15. The van der Waals surface area contributed by atoms with Crippen LogP contribution in [0.15, 0.2) is 61.2 Å². The van der Waals surface area contributed by atoms with Crippen molar-refractivity contribution < 1.29 is 34.8 Å². The smallest absolute Gasteiger partial charge is 0.166 e. The summed E-state index contributed by atoms with van der Waals surface area (Å²) in [6.07, 6.45) is 7.50. The van der Waals surface area contributed by atoms with Crippen molar-refractivity contribution >= 4 is 0 Å². The lowest BCUT2D eigenvalue weighted by Gasteiger charge is -1.63. The topological polar surface area (TPSA) is 80.3 Å². The fourth-order valence-electron chi connectivity index (χ4n) is 0.684. The van der Waals surface area contributed by atoms with E-state index in [2.05, 4.69) is 21.7 Å². The molecule has 0 bridgehead atoms. The quantitative estimate of drug-likeness (QED) is 0.366. The molecule has 0 saturated carbocycles. The van der Waals surface area contributed by atoms with Crippen molar-refractivity contribution in [2.45, 2.75) is 0 Å². The predicted octanol–water partition coefficient (Wildman–Crippen LogP) is -6.17. The number of hydrazine groups is 1. The maximum atomic E-state index is 4.00. The Morgan fingerprint density at radius 1 is 0.500 bits per heavy atom. The second kappa shape index (κ2) is 19.4. The fraction of sp³-hybridized carbons (Fsp3) is 0. The third-order valence-corrected chi connectivity index (χ3v) is 1.21. The van der Waals surface area contributed by atoms with Crippen LogP contribution in [-0.2, 0) is 0 Å². The van der Waals surface area contributed by atoms with E-state index >= 15 is 0 Å². The molecule has 0 amide bonds. The minimum atomic E-state index is 0. The Kier molecular flexibility index (Phi) is 24.5. The molecule has 0 saturated heterocycles. The second-order valence-electron chi connectivity index (χ2n) is 2.15. The highest BCUT2D eigenvalue weighted by Crippen LogP contribution is 1.68. The molecule has 6 heteroatoms. The monoisotopic (exact) mass is 262 g/mol. The van der Waals surface area contributed by atoms with Crippen LogP contribution in [-0.4, -0.2) is 0 Å². The van der Waals surface area contributed by atoms with Crippen molar-refractivity contribution in [3.8, 4) is 0 Å². The summed E-state index contributed by atoms with van der Waals surface area (Å²) in [7, 11) is 0. The van der Waals surface area contributed by atoms with Crippen LogP contribution >= 0.6 is 0 Å². The lowest BCUT2D eigenvalue weighted by atomic mass is 10.5. The molecule has 0 aromatic carbocycles. The van der Waals surface area contributed by atoms with Gasteiger partial charge in [-0.15, -0.1) is 0 Å². The van der Waals surface area contributed by atoms with Gasteiger partial charge in [0.2, 0.25) is 0 Å². The molecule has 0 atom stereocenters. The summed E-state index contributed by atoms with van der Waals surface area (Å²) in [6.45, 7) is 0. The highest BCUT2D eigenvalue weighted by Gasteiger charge is 1.66. The average Bonchev–Trinajstić information content (AvgIpc) is 2.37. The molecule has 2 aromatic heterocycles. The van der Waals surface area contributed by atoms with Gasteiger partial charge in [-0.2, -0.15) is 0 Å². The van der Waals surface area contributed by atoms with Crippen LogP contribution < -0.4 is 46.5 Å². The largest absolute Gasteiger partial charge is 1.00 e. The molecule has 2 rings (SSSR count). The van der Waals surface area contributed by atoms with Crippen LogP contribution in [0.1, 0.15) is 0 Å². The summed E-state index contributed by atoms with van der Waals surface area (Å²) in [5.41, 5.74) is 0. The molecule has 2 heterocycles. The predicted molar refractivity (Wildman–Crippen MR) is 54.4 cm³/mol. The molecule has 0 unspecified atom stereocenters. The van der Waals surface area contributed by atoms with Crippen LogP contribution in [0.5, 0.6) is 0 Å². The van der Waals surface area contributed by atoms with Crippen LogP contribution in [0.25, 0.3) is 0 Å². The first kappa shape index (κ1) is 20.2. The van der Waals surface area contributed by atoms with E-state index in [0.717, 1.165) is 0 Å². The first-order chi connectivity index (χ1) is 7.00. The Morgan fingerprint density at radius 2 is 0.750 bits per heavy atom. The number of aromatic nitrogens is 2. The van der Waals surface area contributed by atoms with E-state index < -0.39 is 0 Å². The zero-order valence-corrected chi connectivity index (χ0v) is 10.2. The standard InChI is InChI=1S/2C5H5N.2ClH.H4N2/c2*1-2-4-6-5-3-1;;;1-2/h2*1-5H;2*1H;1-2H2. The molecule has 0 aliphatic rings. The van der Waals surface area contributed by atoms with E-state index in [4.69, 9.17) is 0 Å². The molecule has 16 heavy (non-hydrogen) atoms. The summed E-state index contributed by atoms with van der Waals surface area (Å²) in [4.78, 5) is 5.78. The van der Waals surface area contributed by atoms with Gasteiger partial charge in [-0.25, -0.2) is 9.97 Å². The van der Waals surface area contributed by atoms with Crippen LogP contribution in [0, 0.1) is 0 Å². The minimum absolute atomic E-state index is 0. The Morgan fingerprint density at radius 3 is 0.812 bits per heavy atom. The van der Waals surface area contributed by atoms with Crippen molar-refractivity contribution in [3.05, 3.63) is 61.2 Å². The highest BCUT2D eigenvalue weighted by atomic mass is 35.5. The van der Waals surface area contributed by atoms with Gasteiger partial charge in [-0.3, -0.25) is 11.7 Å². The summed E-state index contributed by atoms with van der Waals surface area (Å²) < 4.78 is 0. The molecular weight excluding hydrogens is 247 g/mol. The van der Waals surface area contributed by atoms with Crippen LogP contribution in [0.2, 0.25) is 0 Å². The Balaban J connectivity index is -0.000000165. The van der Waals surface area contributed by atoms with Gasteiger partial charge in [0.1, 0.15) is 0 Å². The molecule has 90 valence electrons. The number of hydrogen-bond donors (Lipinski definition) is 2. The van der Waals surface area contributed by atoms with Crippen molar-refractivity contribution in [2.24, 2.45) is 11.7 Å². The van der Waals surface area contributed by atoms with Gasteiger partial charge in [0, 0.05) is 24.3 Å². The molecular formula is C10H16Cl2N4. The number of nitrogens with two attached hydrogens (primary N) is 2. The Labute approximate surface area is 108 Å². The van der Waals surface area contributed by atoms with Gasteiger partial charge in [-0.1, -0.05) is 12.1 Å². The van der Waals surface area contributed by atoms with Crippen LogP contribution in [0.3, 0.4) is 0 Å². The zero-order chi connectivity index (χ0) is 10.5. The maximum absolute atomic E-state index is 4.00. The van der Waals surface area contributed by atoms with E-state index in [1.807, 2.05) is 61.2 Å². The third-order valence-electron chi connectivity index (χ3n) is 1.21. The first-order valence-corrected chi connectivity index (χ1v) is 4.15. The van der Waals surface area contributed by atoms with Gasteiger partial charge in [-0.05, 0) is 0 Å². The number of hydrogen-bond acceptors (Lipinski definition) is 2. The van der Waals surface area contributed by atoms with Gasteiger partial charge >= 0.3 is 0 Å². The summed E-state index contributed by atoms with van der Waals surface area (Å²) >= 11 is 0. The van der Waals surface area contributed by atoms with Gasteiger partial charge in [0.05, 0.1) is 0 Å². The number of H-pyrrole nitrogens is 2. The summed E-state index contributed by atoms with van der Waals surface area (Å²) in [5.74, 6) is 8.00. The maximum Gasteiger partial charge on any atom is 0.166 e. The number of pyridine rings is 2. The Bertz CT molecular complexity index is 196. The van der Waals surface area contributed by atoms with Crippen molar-refractivity contribution in [2.75, 3.05) is 0 Å². The SMILES string of the molecule is NN.[Cl-].[Cl-].c1cc[nH+]cc1.c1cc[nH+]cc1. The molecule has 2 aromatic rings. The lowest BCUT2D eigenvalue weighted by Crippen LogP contribution is -3.00. The first-order valence-electron chi connectivity index (χ1n) is 4.15. The van der Waals surface area contributed by atoms with Crippen LogP contribution in [0.4, 0.5) is 0 Å². The third kappa shape index (κ3) is 15.3. The van der Waals surface area contributed by atoms with E-state index in [1.54, 1.807) is 0 Å². The minimum Gasteiger partial charge on any atom is -1.00 e.